The highest BCUT2D eigenvalue weighted by Crippen LogP contribution is 2.34. The highest BCUT2D eigenvalue weighted by molar-refractivity contribution is 8.00. The molecule has 0 atom stereocenters. The van der Waals surface area contributed by atoms with E-state index in [4.69, 9.17) is 0 Å². The van der Waals surface area contributed by atoms with Gasteiger partial charge in [0, 0.05) is 37.7 Å². The molecular weight excluding hydrogens is 405 g/mol. The highest BCUT2D eigenvalue weighted by atomic mass is 32.2. The molecule has 0 radical (unpaired) electrons. The molecule has 0 aromatic heterocycles. The van der Waals surface area contributed by atoms with Gasteiger partial charge in [-0.1, -0.05) is 31.4 Å². The van der Waals surface area contributed by atoms with Gasteiger partial charge in [-0.25, -0.2) is 4.39 Å². The van der Waals surface area contributed by atoms with Gasteiger partial charge >= 0.3 is 0 Å². The van der Waals surface area contributed by atoms with Crippen LogP contribution in [-0.2, 0) is 14.8 Å². The summed E-state index contributed by atoms with van der Waals surface area (Å²) in [6.07, 6.45) is 6.20. The Kier molecular flexibility index (Phi) is 5.95. The molecule has 1 aromatic rings. The number of benzene rings is 1. The number of hydrogen-bond donors (Lipinski definition) is 0. The number of hydrogen-bond acceptors (Lipinski definition) is 4. The van der Waals surface area contributed by atoms with E-state index in [1.165, 1.54) is 30.7 Å². The van der Waals surface area contributed by atoms with Crippen LogP contribution in [0.25, 0.3) is 4.91 Å². The molecule has 30 heavy (non-hydrogen) atoms. The van der Waals surface area contributed by atoms with Crippen molar-refractivity contribution in [2.24, 2.45) is 10.3 Å². The third-order valence-electron chi connectivity index (χ3n) is 6.31. The summed E-state index contributed by atoms with van der Waals surface area (Å²) in [5, 5.41) is 0. The van der Waals surface area contributed by atoms with E-state index in [1.807, 2.05) is 9.80 Å². The Balaban J connectivity index is 1.51. The molecule has 0 spiro atoms. The average Bonchev–Trinajstić information content (AvgIpc) is 2.90. The second-order valence-electron chi connectivity index (χ2n) is 8.35. The lowest BCUT2D eigenvalue weighted by Crippen LogP contribution is -2.40. The van der Waals surface area contributed by atoms with Gasteiger partial charge in [0.15, 0.2) is 0 Å². The first-order valence-electron chi connectivity index (χ1n) is 10.7. The molecule has 1 amide bonds. The van der Waals surface area contributed by atoms with Gasteiger partial charge in [0.1, 0.15) is 16.6 Å². The third-order valence-corrected chi connectivity index (χ3v) is 7.78. The van der Waals surface area contributed by atoms with Crippen LogP contribution in [0.2, 0.25) is 0 Å². The third kappa shape index (κ3) is 4.15. The zero-order valence-electron chi connectivity index (χ0n) is 17.3. The summed E-state index contributed by atoms with van der Waals surface area (Å²) in [5.41, 5.74) is 1.02. The Bertz CT molecular complexity index is 979. The van der Waals surface area contributed by atoms with Gasteiger partial charge in [0.05, 0.1) is 0 Å². The predicted octanol–water partition coefficient (Wildman–Crippen LogP) is 3.41. The lowest BCUT2D eigenvalue weighted by atomic mass is 9.88. The molecule has 2 heterocycles. The number of carbonyl (C=O) groups is 1. The Hall–Kier alpha value is -2.22. The van der Waals surface area contributed by atoms with E-state index in [-0.39, 0.29) is 16.7 Å². The molecule has 1 saturated heterocycles. The van der Waals surface area contributed by atoms with Crippen molar-refractivity contribution in [1.29, 1.82) is 0 Å². The second-order valence-corrected chi connectivity index (χ2v) is 9.89. The van der Waals surface area contributed by atoms with Crippen molar-refractivity contribution in [2.45, 2.75) is 45.4 Å². The van der Waals surface area contributed by atoms with Crippen LogP contribution in [0, 0.1) is 11.7 Å². The Morgan fingerprint density at radius 2 is 1.70 bits per heavy atom. The smallest absolute Gasteiger partial charge is 0.285 e. The first-order chi connectivity index (χ1) is 14.4. The summed E-state index contributed by atoms with van der Waals surface area (Å²) >= 11 is 0. The number of amidine groups is 1. The molecule has 0 unspecified atom stereocenters. The fraction of sp³-hybridized carbons (Fsp3) is 0.545. The van der Waals surface area contributed by atoms with Gasteiger partial charge in [0.25, 0.3) is 10.0 Å². The van der Waals surface area contributed by atoms with Crippen LogP contribution in [0.3, 0.4) is 0 Å². The van der Waals surface area contributed by atoms with Crippen molar-refractivity contribution in [3.63, 3.8) is 0 Å². The van der Waals surface area contributed by atoms with Crippen LogP contribution >= 0.6 is 0 Å². The van der Waals surface area contributed by atoms with E-state index in [9.17, 15) is 17.6 Å². The molecule has 1 saturated carbocycles. The summed E-state index contributed by atoms with van der Waals surface area (Å²) in [7, 11) is -3.84. The summed E-state index contributed by atoms with van der Waals surface area (Å²) in [5.74, 6) is 0.420. The maximum absolute atomic E-state index is 13.3. The first-order valence-corrected chi connectivity index (χ1v) is 12.2. The van der Waals surface area contributed by atoms with Crippen molar-refractivity contribution in [2.75, 3.05) is 26.2 Å². The van der Waals surface area contributed by atoms with Gasteiger partial charge < -0.3 is 9.80 Å². The number of amides is 1. The monoisotopic (exact) mass is 433 g/mol. The molecule has 0 bridgehead atoms. The maximum Gasteiger partial charge on any atom is 0.285 e. The Labute approximate surface area is 177 Å². The van der Waals surface area contributed by atoms with E-state index < -0.39 is 15.8 Å². The number of carbonyl (C=O) groups excluding carboxylic acids is 1. The predicted molar refractivity (Wildman–Crippen MR) is 115 cm³/mol. The van der Waals surface area contributed by atoms with Gasteiger partial charge in [-0.15, -0.1) is 4.40 Å². The Morgan fingerprint density at radius 3 is 2.40 bits per heavy atom. The zero-order chi connectivity index (χ0) is 21.3. The normalized spacial score (nSPS) is 22.8. The summed E-state index contributed by atoms with van der Waals surface area (Å²) in [4.78, 5) is 17.0. The lowest BCUT2D eigenvalue weighted by molar-refractivity contribution is -0.136. The molecule has 3 aliphatic rings. The maximum atomic E-state index is 13.3. The van der Waals surface area contributed by atoms with Gasteiger partial charge in [-0.3, -0.25) is 4.79 Å². The van der Waals surface area contributed by atoms with Crippen molar-refractivity contribution in [1.82, 2.24) is 9.80 Å². The van der Waals surface area contributed by atoms with E-state index in [2.05, 4.69) is 4.40 Å². The van der Waals surface area contributed by atoms with E-state index in [1.54, 1.807) is 6.92 Å². The van der Waals surface area contributed by atoms with E-state index in [0.717, 1.165) is 32.1 Å². The second kappa shape index (κ2) is 8.49. The van der Waals surface area contributed by atoms with Crippen LogP contribution in [0.15, 0.2) is 34.2 Å². The zero-order valence-corrected chi connectivity index (χ0v) is 18.1. The van der Waals surface area contributed by atoms with Gasteiger partial charge in [0.2, 0.25) is 5.91 Å². The van der Waals surface area contributed by atoms with Crippen molar-refractivity contribution >= 4 is 26.7 Å². The standard InChI is InChI=1S/C22H28FN3O3S/c1-16-20(17-8-10-19(23)11-9-17)30(28,29)24-21(16)25-12-5-13-26(15-14-25)22(27)18-6-3-2-4-7-18/h8-11,18H,2-7,12-15H2,1H3. The van der Waals surface area contributed by atoms with Crippen molar-refractivity contribution < 1.29 is 17.6 Å². The van der Waals surface area contributed by atoms with Gasteiger partial charge in [-0.05, 0) is 43.9 Å². The minimum atomic E-state index is -3.84. The molecule has 6 nitrogen and oxygen atoms in total. The number of sulfonamides is 1. The quantitative estimate of drug-likeness (QED) is 0.717. The minimum absolute atomic E-state index is 0.136. The topological polar surface area (TPSA) is 70.1 Å². The Morgan fingerprint density at radius 1 is 1.00 bits per heavy atom. The van der Waals surface area contributed by atoms with Gasteiger partial charge in [-0.2, -0.15) is 8.42 Å². The SMILES string of the molecule is CC1=C(c2ccc(F)cc2)S(=O)(=O)N=C1N1CCCN(C(=O)C2CCCCC2)CC1. The van der Waals surface area contributed by atoms with Crippen LogP contribution in [0.1, 0.15) is 51.0 Å². The van der Waals surface area contributed by atoms with Crippen molar-refractivity contribution in [3.8, 4) is 0 Å². The summed E-state index contributed by atoms with van der Waals surface area (Å²) < 4.78 is 42.8. The molecule has 162 valence electrons. The molecule has 2 aliphatic heterocycles. The van der Waals surface area contributed by atoms with E-state index >= 15 is 0 Å². The van der Waals surface area contributed by atoms with E-state index in [0.29, 0.717) is 43.2 Å². The average molecular weight is 434 g/mol. The molecule has 1 aliphatic carbocycles. The van der Waals surface area contributed by atoms with Crippen LogP contribution < -0.4 is 0 Å². The van der Waals surface area contributed by atoms with Crippen LogP contribution in [-0.4, -0.2) is 56.1 Å². The van der Waals surface area contributed by atoms with Crippen molar-refractivity contribution in [3.05, 3.63) is 41.2 Å². The minimum Gasteiger partial charge on any atom is -0.354 e. The number of rotatable bonds is 2. The first kappa shape index (κ1) is 21.0. The lowest BCUT2D eigenvalue weighted by Gasteiger charge is -2.28. The van der Waals surface area contributed by atoms with Crippen LogP contribution in [0.4, 0.5) is 4.39 Å². The fourth-order valence-corrected chi connectivity index (χ4v) is 6.23. The molecule has 4 rings (SSSR count). The number of nitrogens with zero attached hydrogens (tertiary/aromatic N) is 3. The molecular formula is C22H28FN3O3S. The highest BCUT2D eigenvalue weighted by Gasteiger charge is 2.35. The largest absolute Gasteiger partial charge is 0.354 e. The van der Waals surface area contributed by atoms with Crippen LogP contribution in [0.5, 0.6) is 0 Å². The molecule has 1 aromatic carbocycles. The summed E-state index contributed by atoms with van der Waals surface area (Å²) in [6.45, 7) is 4.22. The molecule has 8 heteroatoms. The number of halogens is 1. The molecule has 0 N–H and O–H groups in total. The fourth-order valence-electron chi connectivity index (χ4n) is 4.74. The summed E-state index contributed by atoms with van der Waals surface area (Å²) in [6, 6.07) is 5.45. The molecule has 2 fully saturated rings.